The number of sulfonamides is 2. The van der Waals surface area contributed by atoms with Gasteiger partial charge in [0.1, 0.15) is 0 Å². The van der Waals surface area contributed by atoms with Crippen LogP contribution in [0.4, 0.5) is 11.4 Å². The molecule has 0 aliphatic heterocycles. The van der Waals surface area contributed by atoms with Crippen LogP contribution in [0.2, 0.25) is 0 Å². The Kier molecular flexibility index (Phi) is 4.58. The van der Waals surface area contributed by atoms with Crippen molar-refractivity contribution in [1.82, 2.24) is 0 Å². The molecule has 0 saturated heterocycles. The van der Waals surface area contributed by atoms with Crippen molar-refractivity contribution in [2.75, 3.05) is 15.7 Å². The molecule has 0 amide bonds. The molecule has 0 bridgehead atoms. The molecule has 9 heteroatoms. The third-order valence-corrected chi connectivity index (χ3v) is 4.72. The number of nitrogens with zero attached hydrogens (tertiary/aromatic N) is 1. The monoisotopic (exact) mass is 351 g/mol. The zero-order chi connectivity index (χ0) is 17.1. The van der Waals surface area contributed by atoms with E-state index in [0.29, 0.717) is 5.56 Å². The molecule has 2 aromatic rings. The normalized spacial score (nSPS) is 11.5. The third kappa shape index (κ3) is 4.70. The fourth-order valence-electron chi connectivity index (χ4n) is 1.78. The summed E-state index contributed by atoms with van der Waals surface area (Å²) in [6.45, 7) is 0. The predicted molar refractivity (Wildman–Crippen MR) is 86.9 cm³/mol. The molecule has 2 N–H and O–H groups in total. The maximum atomic E-state index is 12.3. The molecule has 0 heterocycles. The van der Waals surface area contributed by atoms with Crippen molar-refractivity contribution in [2.45, 2.75) is 4.90 Å². The minimum Gasteiger partial charge on any atom is -0.284 e. The van der Waals surface area contributed by atoms with Gasteiger partial charge in [0.2, 0.25) is 10.0 Å². The SMILES string of the molecule is CS(=O)(=O)Nc1ccc(S(=O)(=O)Nc2cccc(C#N)c2)cc1. The van der Waals surface area contributed by atoms with Gasteiger partial charge in [-0.25, -0.2) is 16.8 Å². The van der Waals surface area contributed by atoms with E-state index in [-0.39, 0.29) is 16.3 Å². The van der Waals surface area contributed by atoms with Crippen LogP contribution in [0.25, 0.3) is 0 Å². The number of hydrogen-bond donors (Lipinski definition) is 2. The van der Waals surface area contributed by atoms with Crippen LogP contribution in [0.1, 0.15) is 5.56 Å². The minimum absolute atomic E-state index is 0.0288. The third-order valence-electron chi connectivity index (χ3n) is 2.71. The lowest BCUT2D eigenvalue weighted by Crippen LogP contribution is -2.13. The minimum atomic E-state index is -3.84. The van der Waals surface area contributed by atoms with E-state index >= 15 is 0 Å². The van der Waals surface area contributed by atoms with Crippen LogP contribution in [-0.2, 0) is 20.0 Å². The van der Waals surface area contributed by atoms with E-state index in [9.17, 15) is 16.8 Å². The highest BCUT2D eigenvalue weighted by atomic mass is 32.2. The van der Waals surface area contributed by atoms with Crippen molar-refractivity contribution in [3.05, 3.63) is 54.1 Å². The van der Waals surface area contributed by atoms with Crippen LogP contribution in [0.5, 0.6) is 0 Å². The quantitative estimate of drug-likeness (QED) is 0.851. The molecule has 120 valence electrons. The number of rotatable bonds is 5. The number of benzene rings is 2. The Balaban J connectivity index is 2.24. The summed E-state index contributed by atoms with van der Waals surface area (Å²) in [5.41, 5.74) is 0.859. The maximum absolute atomic E-state index is 12.3. The zero-order valence-electron chi connectivity index (χ0n) is 12.0. The van der Waals surface area contributed by atoms with Crippen molar-refractivity contribution in [1.29, 1.82) is 5.26 Å². The second-order valence-electron chi connectivity index (χ2n) is 4.70. The standard InChI is InChI=1S/C14H13N3O4S2/c1-22(18,19)16-12-5-7-14(8-6-12)23(20,21)17-13-4-2-3-11(9-13)10-15/h2-9,16-17H,1H3. The Labute approximate surface area is 134 Å². The van der Waals surface area contributed by atoms with Gasteiger partial charge in [-0.3, -0.25) is 9.44 Å². The maximum Gasteiger partial charge on any atom is 0.261 e. The van der Waals surface area contributed by atoms with Gasteiger partial charge < -0.3 is 0 Å². The lowest BCUT2D eigenvalue weighted by atomic mass is 10.2. The number of anilines is 2. The second-order valence-corrected chi connectivity index (χ2v) is 8.13. The summed E-state index contributed by atoms with van der Waals surface area (Å²) in [6.07, 6.45) is 1.00. The Bertz CT molecular complexity index is 960. The lowest BCUT2D eigenvalue weighted by Gasteiger charge is -2.09. The van der Waals surface area contributed by atoms with Gasteiger partial charge in [-0.15, -0.1) is 0 Å². The smallest absolute Gasteiger partial charge is 0.261 e. The summed E-state index contributed by atoms with van der Waals surface area (Å²) in [5.74, 6) is 0. The number of nitriles is 1. The van der Waals surface area contributed by atoms with Crippen molar-refractivity contribution < 1.29 is 16.8 Å². The Morgan fingerprint density at radius 2 is 1.57 bits per heavy atom. The molecule has 0 aliphatic rings. The summed E-state index contributed by atoms with van der Waals surface area (Å²) >= 11 is 0. The van der Waals surface area contributed by atoms with Crippen LogP contribution in [0.3, 0.4) is 0 Å². The van der Waals surface area contributed by atoms with Crippen LogP contribution < -0.4 is 9.44 Å². The van der Waals surface area contributed by atoms with Crippen molar-refractivity contribution >= 4 is 31.4 Å². The van der Waals surface area contributed by atoms with Gasteiger partial charge >= 0.3 is 0 Å². The highest BCUT2D eigenvalue weighted by Gasteiger charge is 2.14. The molecular weight excluding hydrogens is 338 g/mol. The first-order valence-electron chi connectivity index (χ1n) is 6.30. The first-order chi connectivity index (χ1) is 10.7. The molecule has 0 atom stereocenters. The fraction of sp³-hybridized carbons (Fsp3) is 0.0714. The molecule has 0 saturated carbocycles. The molecule has 0 aliphatic carbocycles. The van der Waals surface area contributed by atoms with E-state index < -0.39 is 20.0 Å². The largest absolute Gasteiger partial charge is 0.284 e. The summed E-state index contributed by atoms with van der Waals surface area (Å²) < 4.78 is 51.4. The molecule has 0 radical (unpaired) electrons. The van der Waals surface area contributed by atoms with Crippen molar-refractivity contribution in [2.24, 2.45) is 0 Å². The first-order valence-corrected chi connectivity index (χ1v) is 9.68. The molecule has 23 heavy (non-hydrogen) atoms. The van der Waals surface area contributed by atoms with E-state index in [0.717, 1.165) is 6.26 Å². The van der Waals surface area contributed by atoms with E-state index in [4.69, 9.17) is 5.26 Å². The van der Waals surface area contributed by atoms with Gasteiger partial charge in [0.15, 0.2) is 0 Å². The van der Waals surface area contributed by atoms with Crippen LogP contribution in [-0.4, -0.2) is 23.1 Å². The molecule has 0 unspecified atom stereocenters. The summed E-state index contributed by atoms with van der Waals surface area (Å²) in [5, 5.41) is 8.82. The Morgan fingerprint density at radius 1 is 0.913 bits per heavy atom. The molecule has 0 fully saturated rings. The van der Waals surface area contributed by atoms with Gasteiger partial charge in [-0.05, 0) is 42.5 Å². The average molecular weight is 351 g/mol. The number of hydrogen-bond acceptors (Lipinski definition) is 5. The van der Waals surface area contributed by atoms with Crippen LogP contribution in [0.15, 0.2) is 53.4 Å². The van der Waals surface area contributed by atoms with Crippen molar-refractivity contribution in [3.8, 4) is 6.07 Å². The fourth-order valence-corrected chi connectivity index (χ4v) is 3.40. The van der Waals surface area contributed by atoms with Crippen LogP contribution in [0, 0.1) is 11.3 Å². The van der Waals surface area contributed by atoms with E-state index in [2.05, 4.69) is 9.44 Å². The first kappa shape index (κ1) is 16.8. The van der Waals surface area contributed by atoms with Gasteiger partial charge in [-0.1, -0.05) is 6.07 Å². The lowest BCUT2D eigenvalue weighted by molar-refractivity contribution is 0.601. The van der Waals surface area contributed by atoms with E-state index in [1.807, 2.05) is 6.07 Å². The molecular formula is C14H13N3O4S2. The summed E-state index contributed by atoms with van der Waals surface area (Å²) in [6, 6.07) is 13.2. The highest BCUT2D eigenvalue weighted by molar-refractivity contribution is 7.92. The molecule has 2 aromatic carbocycles. The van der Waals surface area contributed by atoms with Gasteiger partial charge in [0.25, 0.3) is 10.0 Å². The Hall–Kier alpha value is -2.57. The second kappa shape index (κ2) is 6.28. The van der Waals surface area contributed by atoms with E-state index in [1.165, 1.54) is 36.4 Å². The molecule has 0 aromatic heterocycles. The molecule has 7 nitrogen and oxygen atoms in total. The van der Waals surface area contributed by atoms with Gasteiger partial charge in [0.05, 0.1) is 28.5 Å². The Morgan fingerprint density at radius 3 is 2.13 bits per heavy atom. The predicted octanol–water partition coefficient (Wildman–Crippen LogP) is 1.73. The summed E-state index contributed by atoms with van der Waals surface area (Å²) in [4.78, 5) is -0.0288. The molecule has 2 rings (SSSR count). The average Bonchev–Trinajstić information content (AvgIpc) is 2.46. The highest BCUT2D eigenvalue weighted by Crippen LogP contribution is 2.19. The van der Waals surface area contributed by atoms with Crippen molar-refractivity contribution in [3.63, 3.8) is 0 Å². The topological polar surface area (TPSA) is 116 Å². The summed E-state index contributed by atoms with van der Waals surface area (Å²) in [7, 11) is -7.26. The number of nitrogens with one attached hydrogen (secondary N) is 2. The van der Waals surface area contributed by atoms with Crippen LogP contribution >= 0.6 is 0 Å². The molecule has 0 spiro atoms. The van der Waals surface area contributed by atoms with Gasteiger partial charge in [-0.2, -0.15) is 5.26 Å². The van der Waals surface area contributed by atoms with Gasteiger partial charge in [0, 0.05) is 5.69 Å². The van der Waals surface area contributed by atoms with E-state index in [1.54, 1.807) is 12.1 Å². The zero-order valence-corrected chi connectivity index (χ0v) is 13.6.